The predicted molar refractivity (Wildman–Crippen MR) is 82.5 cm³/mol. The summed E-state index contributed by atoms with van der Waals surface area (Å²) >= 11 is 7.76. The van der Waals surface area contributed by atoms with Gasteiger partial charge in [0.05, 0.1) is 11.1 Å². The first-order valence-electron chi connectivity index (χ1n) is 6.72. The van der Waals surface area contributed by atoms with Gasteiger partial charge in [-0.3, -0.25) is 4.79 Å². The third-order valence-corrected chi connectivity index (χ3v) is 5.60. The van der Waals surface area contributed by atoms with Gasteiger partial charge in [0, 0.05) is 23.2 Å². The first kappa shape index (κ1) is 13.9. The van der Waals surface area contributed by atoms with Gasteiger partial charge in [0.25, 0.3) is 5.91 Å². The molecule has 1 aliphatic heterocycles. The van der Waals surface area contributed by atoms with E-state index in [9.17, 15) is 9.90 Å². The second-order valence-corrected chi connectivity index (χ2v) is 6.76. The Balaban J connectivity index is 1.91. The van der Waals surface area contributed by atoms with Crippen LogP contribution in [0.15, 0.2) is 24.3 Å². The second kappa shape index (κ2) is 5.35. The van der Waals surface area contributed by atoms with Crippen LogP contribution < -0.4 is 0 Å². The summed E-state index contributed by atoms with van der Waals surface area (Å²) in [5.74, 6) is 0.180. The molecular weight excluding hydrogens is 294 g/mol. The highest BCUT2D eigenvalue weighted by Crippen LogP contribution is 2.36. The van der Waals surface area contributed by atoms with E-state index < -0.39 is 6.10 Å². The van der Waals surface area contributed by atoms with Crippen molar-refractivity contribution in [3.05, 3.63) is 34.2 Å². The van der Waals surface area contributed by atoms with Crippen LogP contribution in [0.25, 0.3) is 10.1 Å². The number of carbonyl (C=O) groups excluding carboxylic acids is 1. The van der Waals surface area contributed by atoms with Crippen molar-refractivity contribution in [3.63, 3.8) is 0 Å². The molecule has 1 amide bonds. The largest absolute Gasteiger partial charge is 0.391 e. The minimum Gasteiger partial charge on any atom is -0.391 e. The molecule has 0 aliphatic carbocycles. The quantitative estimate of drug-likeness (QED) is 0.877. The van der Waals surface area contributed by atoms with Crippen molar-refractivity contribution in [1.29, 1.82) is 0 Å². The Hall–Kier alpha value is -1.10. The van der Waals surface area contributed by atoms with Crippen LogP contribution >= 0.6 is 22.9 Å². The third-order valence-electron chi connectivity index (χ3n) is 3.94. The van der Waals surface area contributed by atoms with Crippen molar-refractivity contribution < 1.29 is 9.90 Å². The average molecular weight is 310 g/mol. The van der Waals surface area contributed by atoms with Crippen molar-refractivity contribution in [1.82, 2.24) is 4.90 Å². The molecule has 2 heterocycles. The number of piperidine rings is 1. The number of benzene rings is 1. The van der Waals surface area contributed by atoms with Gasteiger partial charge in [0.1, 0.15) is 4.88 Å². The number of fused-ring (bicyclic) bond motifs is 1. The van der Waals surface area contributed by atoms with Crippen LogP contribution in [-0.4, -0.2) is 35.1 Å². The van der Waals surface area contributed by atoms with Gasteiger partial charge in [-0.05, 0) is 18.4 Å². The molecule has 2 atom stereocenters. The van der Waals surface area contributed by atoms with Crippen molar-refractivity contribution in [2.45, 2.75) is 19.4 Å². The summed E-state index contributed by atoms with van der Waals surface area (Å²) in [6.45, 7) is 3.09. The fourth-order valence-corrected chi connectivity index (χ4v) is 4.01. The fourth-order valence-electron chi connectivity index (χ4n) is 2.53. The molecule has 0 bridgehead atoms. The van der Waals surface area contributed by atoms with Crippen molar-refractivity contribution in [2.24, 2.45) is 5.92 Å². The van der Waals surface area contributed by atoms with Gasteiger partial charge in [-0.15, -0.1) is 11.3 Å². The number of aliphatic hydroxyl groups is 1. The molecule has 1 aliphatic rings. The monoisotopic (exact) mass is 309 g/mol. The van der Waals surface area contributed by atoms with Gasteiger partial charge in [-0.1, -0.05) is 36.7 Å². The first-order chi connectivity index (χ1) is 9.58. The Morgan fingerprint density at radius 1 is 1.45 bits per heavy atom. The number of carbonyl (C=O) groups is 1. The topological polar surface area (TPSA) is 40.5 Å². The van der Waals surface area contributed by atoms with Crippen LogP contribution in [0.4, 0.5) is 0 Å². The molecule has 1 saturated heterocycles. The van der Waals surface area contributed by atoms with Gasteiger partial charge in [0.2, 0.25) is 0 Å². The van der Waals surface area contributed by atoms with E-state index in [2.05, 4.69) is 0 Å². The van der Waals surface area contributed by atoms with Gasteiger partial charge in [-0.25, -0.2) is 0 Å². The Morgan fingerprint density at radius 2 is 2.20 bits per heavy atom. The lowest BCUT2D eigenvalue weighted by atomic mass is 9.96. The van der Waals surface area contributed by atoms with Crippen LogP contribution in [-0.2, 0) is 0 Å². The number of hydrogen-bond acceptors (Lipinski definition) is 3. The van der Waals surface area contributed by atoms with Gasteiger partial charge >= 0.3 is 0 Å². The maximum atomic E-state index is 12.6. The van der Waals surface area contributed by atoms with E-state index in [0.717, 1.165) is 16.5 Å². The van der Waals surface area contributed by atoms with E-state index in [0.29, 0.717) is 23.0 Å². The number of aliphatic hydroxyl groups excluding tert-OH is 1. The highest BCUT2D eigenvalue weighted by Gasteiger charge is 2.30. The van der Waals surface area contributed by atoms with Crippen LogP contribution in [0.2, 0.25) is 5.02 Å². The molecule has 1 N–H and O–H groups in total. The zero-order valence-corrected chi connectivity index (χ0v) is 12.7. The Kier molecular flexibility index (Phi) is 3.71. The molecule has 1 aromatic heterocycles. The lowest BCUT2D eigenvalue weighted by Gasteiger charge is -2.34. The maximum Gasteiger partial charge on any atom is 0.265 e. The maximum absolute atomic E-state index is 12.6. The molecule has 3 rings (SSSR count). The van der Waals surface area contributed by atoms with E-state index >= 15 is 0 Å². The predicted octanol–water partition coefficient (Wildman–Crippen LogP) is 3.40. The summed E-state index contributed by atoms with van der Waals surface area (Å²) in [6, 6.07) is 7.76. The van der Waals surface area contributed by atoms with Gasteiger partial charge in [-0.2, -0.15) is 0 Å². The molecule has 3 nitrogen and oxygen atoms in total. The number of amides is 1. The highest BCUT2D eigenvalue weighted by molar-refractivity contribution is 7.21. The molecule has 0 saturated carbocycles. The summed E-state index contributed by atoms with van der Waals surface area (Å²) in [5, 5.41) is 11.4. The number of halogens is 1. The standard InChI is InChI=1S/C15H16ClNO2S/c1-9-6-7-17(8-11(9)18)15(19)14-13(16)10-4-2-3-5-12(10)20-14/h2-5,9,11,18H,6-8H2,1H3. The van der Waals surface area contributed by atoms with E-state index in [-0.39, 0.29) is 11.8 Å². The highest BCUT2D eigenvalue weighted by atomic mass is 35.5. The first-order valence-corrected chi connectivity index (χ1v) is 7.91. The summed E-state index contributed by atoms with van der Waals surface area (Å²) in [6.07, 6.45) is 0.385. The van der Waals surface area contributed by atoms with Gasteiger partial charge < -0.3 is 10.0 Å². The van der Waals surface area contributed by atoms with Gasteiger partial charge in [0.15, 0.2) is 0 Å². The molecule has 2 unspecified atom stereocenters. The normalized spacial score (nSPS) is 23.2. The van der Waals surface area contributed by atoms with Crippen LogP contribution in [0.1, 0.15) is 23.0 Å². The van der Waals surface area contributed by atoms with E-state index in [1.807, 2.05) is 31.2 Å². The zero-order valence-electron chi connectivity index (χ0n) is 11.2. The Labute approximate surface area is 126 Å². The molecular formula is C15H16ClNO2S. The molecule has 1 aromatic carbocycles. The molecule has 20 heavy (non-hydrogen) atoms. The average Bonchev–Trinajstić information content (AvgIpc) is 2.79. The lowest BCUT2D eigenvalue weighted by molar-refractivity contribution is 0.0251. The lowest BCUT2D eigenvalue weighted by Crippen LogP contribution is -2.45. The molecule has 1 fully saturated rings. The molecule has 0 spiro atoms. The van der Waals surface area contributed by atoms with Crippen molar-refractivity contribution in [2.75, 3.05) is 13.1 Å². The molecule has 106 valence electrons. The van der Waals surface area contributed by atoms with E-state index in [1.165, 1.54) is 11.3 Å². The number of nitrogens with zero attached hydrogens (tertiary/aromatic N) is 1. The van der Waals surface area contributed by atoms with Crippen LogP contribution in [0.3, 0.4) is 0 Å². The SMILES string of the molecule is CC1CCN(C(=O)c2sc3ccccc3c2Cl)CC1O. The van der Waals surface area contributed by atoms with Crippen molar-refractivity contribution >= 4 is 38.9 Å². The Bertz CT molecular complexity index is 654. The fraction of sp³-hybridized carbons (Fsp3) is 0.400. The summed E-state index contributed by atoms with van der Waals surface area (Å²) in [7, 11) is 0. The number of β-amino-alcohol motifs (C(OH)–C–C–N with tert-alkyl or cyclic N) is 1. The van der Waals surface area contributed by atoms with Crippen LogP contribution in [0, 0.1) is 5.92 Å². The summed E-state index contributed by atoms with van der Waals surface area (Å²) in [4.78, 5) is 14.9. The molecule has 0 radical (unpaired) electrons. The van der Waals surface area contributed by atoms with Crippen LogP contribution in [0.5, 0.6) is 0 Å². The number of rotatable bonds is 1. The minimum absolute atomic E-state index is 0.0675. The minimum atomic E-state index is -0.444. The number of hydrogen-bond donors (Lipinski definition) is 1. The second-order valence-electron chi connectivity index (χ2n) is 5.33. The molecule has 2 aromatic rings. The number of likely N-dealkylation sites (tertiary alicyclic amines) is 1. The smallest absolute Gasteiger partial charge is 0.265 e. The third kappa shape index (κ3) is 2.32. The summed E-state index contributed by atoms with van der Waals surface area (Å²) in [5.41, 5.74) is 0. The van der Waals surface area contributed by atoms with E-state index in [1.54, 1.807) is 4.90 Å². The molecule has 5 heteroatoms. The van der Waals surface area contributed by atoms with Crippen molar-refractivity contribution in [3.8, 4) is 0 Å². The van der Waals surface area contributed by atoms with E-state index in [4.69, 9.17) is 11.6 Å². The Morgan fingerprint density at radius 3 is 2.90 bits per heavy atom. The number of thiophene rings is 1. The zero-order chi connectivity index (χ0) is 14.3. The summed E-state index contributed by atoms with van der Waals surface area (Å²) < 4.78 is 1.02.